The third-order valence-electron chi connectivity index (χ3n) is 3.89. The van der Waals surface area contributed by atoms with E-state index in [0.29, 0.717) is 6.54 Å². The molecule has 2 aromatic carbocycles. The summed E-state index contributed by atoms with van der Waals surface area (Å²) in [6, 6.07) is 14.2. The minimum Gasteiger partial charge on any atom is -0.348 e. The van der Waals surface area contributed by atoms with Gasteiger partial charge in [0.2, 0.25) is 0 Å². The second-order valence-corrected chi connectivity index (χ2v) is 5.58. The van der Waals surface area contributed by atoms with Crippen LogP contribution in [0.2, 0.25) is 0 Å². The van der Waals surface area contributed by atoms with Gasteiger partial charge in [-0.3, -0.25) is 4.79 Å². The molecule has 108 valence electrons. The Hall–Kier alpha value is -2.13. The summed E-state index contributed by atoms with van der Waals surface area (Å²) < 4.78 is 0. The molecule has 3 heteroatoms. The quantitative estimate of drug-likeness (QED) is 0.907. The summed E-state index contributed by atoms with van der Waals surface area (Å²) in [5.74, 6) is -0.00937. The summed E-state index contributed by atoms with van der Waals surface area (Å²) in [5, 5.41) is 6.33. The van der Waals surface area contributed by atoms with Gasteiger partial charge < -0.3 is 10.6 Å². The number of fused-ring (bicyclic) bond motifs is 1. The highest BCUT2D eigenvalue weighted by Gasteiger charge is 2.12. The standard InChI is InChI=1S/C18H20N2O/c1-13-3-2-4-14(9-13)11-20-18(21)16-6-5-15-7-8-19-12-17(15)10-16/h2-6,9-10,19H,7-8,11-12H2,1H3,(H,20,21). The third-order valence-corrected chi connectivity index (χ3v) is 3.89. The maximum Gasteiger partial charge on any atom is 0.251 e. The van der Waals surface area contributed by atoms with Gasteiger partial charge in [0.25, 0.3) is 5.91 Å². The van der Waals surface area contributed by atoms with E-state index in [4.69, 9.17) is 0 Å². The first kappa shape index (κ1) is 13.8. The molecule has 0 spiro atoms. The zero-order valence-electron chi connectivity index (χ0n) is 12.3. The van der Waals surface area contributed by atoms with E-state index in [2.05, 4.69) is 35.8 Å². The average molecular weight is 280 g/mol. The molecule has 1 heterocycles. The molecule has 0 fully saturated rings. The smallest absolute Gasteiger partial charge is 0.251 e. The van der Waals surface area contributed by atoms with Crippen LogP contribution in [0, 0.1) is 6.92 Å². The Morgan fingerprint density at radius 3 is 2.95 bits per heavy atom. The molecular formula is C18H20N2O. The number of amides is 1. The van der Waals surface area contributed by atoms with E-state index in [-0.39, 0.29) is 5.91 Å². The summed E-state index contributed by atoms with van der Waals surface area (Å²) in [6.07, 6.45) is 1.04. The minimum absolute atomic E-state index is 0.00937. The van der Waals surface area contributed by atoms with E-state index < -0.39 is 0 Å². The van der Waals surface area contributed by atoms with Gasteiger partial charge in [0.05, 0.1) is 0 Å². The highest BCUT2D eigenvalue weighted by molar-refractivity contribution is 5.94. The summed E-state index contributed by atoms with van der Waals surface area (Å²) in [5.41, 5.74) is 5.67. The normalized spacial score (nSPS) is 13.6. The van der Waals surface area contributed by atoms with Gasteiger partial charge in [-0.15, -0.1) is 0 Å². The van der Waals surface area contributed by atoms with Crippen molar-refractivity contribution in [3.05, 3.63) is 70.3 Å². The van der Waals surface area contributed by atoms with Crippen molar-refractivity contribution in [3.8, 4) is 0 Å². The molecule has 1 aliphatic heterocycles. The van der Waals surface area contributed by atoms with Crippen molar-refractivity contribution in [2.45, 2.75) is 26.4 Å². The number of nitrogens with one attached hydrogen (secondary N) is 2. The Balaban J connectivity index is 1.68. The van der Waals surface area contributed by atoms with Gasteiger partial charge in [0.15, 0.2) is 0 Å². The summed E-state index contributed by atoms with van der Waals surface area (Å²) >= 11 is 0. The lowest BCUT2D eigenvalue weighted by Gasteiger charge is -2.17. The maximum absolute atomic E-state index is 12.3. The molecule has 1 aliphatic rings. The van der Waals surface area contributed by atoms with Crippen LogP contribution in [0.25, 0.3) is 0 Å². The molecule has 1 amide bonds. The van der Waals surface area contributed by atoms with Crippen molar-refractivity contribution in [3.63, 3.8) is 0 Å². The Morgan fingerprint density at radius 2 is 2.10 bits per heavy atom. The Morgan fingerprint density at radius 1 is 1.19 bits per heavy atom. The van der Waals surface area contributed by atoms with Gasteiger partial charge in [-0.05, 0) is 48.7 Å². The molecule has 3 nitrogen and oxygen atoms in total. The van der Waals surface area contributed by atoms with Gasteiger partial charge in [-0.1, -0.05) is 35.9 Å². The van der Waals surface area contributed by atoms with Crippen molar-refractivity contribution in [2.24, 2.45) is 0 Å². The van der Waals surface area contributed by atoms with Crippen LogP contribution in [0.4, 0.5) is 0 Å². The SMILES string of the molecule is Cc1cccc(CNC(=O)c2ccc3c(c2)CNCC3)c1. The fourth-order valence-electron chi connectivity index (χ4n) is 2.73. The molecular weight excluding hydrogens is 260 g/mol. The van der Waals surface area contributed by atoms with E-state index >= 15 is 0 Å². The highest BCUT2D eigenvalue weighted by atomic mass is 16.1. The molecule has 0 unspecified atom stereocenters. The van der Waals surface area contributed by atoms with E-state index in [9.17, 15) is 4.79 Å². The van der Waals surface area contributed by atoms with Crippen LogP contribution >= 0.6 is 0 Å². The average Bonchev–Trinajstić information content (AvgIpc) is 2.52. The predicted molar refractivity (Wildman–Crippen MR) is 84.2 cm³/mol. The van der Waals surface area contributed by atoms with Crippen LogP contribution in [-0.2, 0) is 19.5 Å². The molecule has 0 saturated carbocycles. The largest absolute Gasteiger partial charge is 0.348 e. The summed E-state index contributed by atoms with van der Waals surface area (Å²) in [7, 11) is 0. The van der Waals surface area contributed by atoms with Gasteiger partial charge in [-0.2, -0.15) is 0 Å². The molecule has 0 saturated heterocycles. The van der Waals surface area contributed by atoms with Gasteiger partial charge >= 0.3 is 0 Å². The van der Waals surface area contributed by atoms with Crippen LogP contribution in [0.1, 0.15) is 32.6 Å². The van der Waals surface area contributed by atoms with Crippen LogP contribution in [0.3, 0.4) is 0 Å². The second kappa shape index (κ2) is 6.10. The summed E-state index contributed by atoms with van der Waals surface area (Å²) in [6.45, 7) is 4.50. The highest BCUT2D eigenvalue weighted by Crippen LogP contribution is 2.16. The minimum atomic E-state index is -0.00937. The monoisotopic (exact) mass is 280 g/mol. The van der Waals surface area contributed by atoms with E-state index in [1.54, 1.807) is 0 Å². The van der Waals surface area contributed by atoms with Crippen molar-refractivity contribution in [2.75, 3.05) is 6.54 Å². The molecule has 0 aliphatic carbocycles. The number of rotatable bonds is 3. The zero-order chi connectivity index (χ0) is 14.7. The first-order chi connectivity index (χ1) is 10.2. The number of carbonyl (C=O) groups excluding carboxylic acids is 1. The fraction of sp³-hybridized carbons (Fsp3) is 0.278. The molecule has 2 aromatic rings. The van der Waals surface area contributed by atoms with Crippen molar-refractivity contribution >= 4 is 5.91 Å². The van der Waals surface area contributed by atoms with Crippen LogP contribution in [-0.4, -0.2) is 12.5 Å². The molecule has 0 atom stereocenters. The van der Waals surface area contributed by atoms with Crippen molar-refractivity contribution in [1.29, 1.82) is 0 Å². The second-order valence-electron chi connectivity index (χ2n) is 5.58. The Bertz CT molecular complexity index is 664. The molecule has 21 heavy (non-hydrogen) atoms. The van der Waals surface area contributed by atoms with E-state index in [0.717, 1.165) is 30.6 Å². The fourth-order valence-corrected chi connectivity index (χ4v) is 2.73. The lowest BCUT2D eigenvalue weighted by Crippen LogP contribution is -2.26. The van der Waals surface area contributed by atoms with E-state index in [1.165, 1.54) is 16.7 Å². The number of aryl methyl sites for hydroxylation is 1. The van der Waals surface area contributed by atoms with E-state index in [1.807, 2.05) is 24.3 Å². The number of benzene rings is 2. The number of hydrogen-bond acceptors (Lipinski definition) is 2. The van der Waals surface area contributed by atoms with Gasteiger partial charge in [0.1, 0.15) is 0 Å². The lowest BCUT2D eigenvalue weighted by atomic mass is 9.98. The van der Waals surface area contributed by atoms with Crippen LogP contribution in [0.15, 0.2) is 42.5 Å². The molecule has 3 rings (SSSR count). The van der Waals surface area contributed by atoms with Crippen LogP contribution < -0.4 is 10.6 Å². The first-order valence-corrected chi connectivity index (χ1v) is 7.38. The number of hydrogen-bond donors (Lipinski definition) is 2. The van der Waals surface area contributed by atoms with Crippen LogP contribution in [0.5, 0.6) is 0 Å². The topological polar surface area (TPSA) is 41.1 Å². The molecule has 2 N–H and O–H groups in total. The first-order valence-electron chi connectivity index (χ1n) is 7.38. The Labute approximate surface area is 125 Å². The molecule has 0 aromatic heterocycles. The van der Waals surface area contributed by atoms with Gasteiger partial charge in [-0.25, -0.2) is 0 Å². The van der Waals surface area contributed by atoms with Crippen molar-refractivity contribution in [1.82, 2.24) is 10.6 Å². The third kappa shape index (κ3) is 3.31. The predicted octanol–water partition coefficient (Wildman–Crippen LogP) is 2.57. The molecule has 0 radical (unpaired) electrons. The van der Waals surface area contributed by atoms with Crippen molar-refractivity contribution < 1.29 is 4.79 Å². The molecule has 0 bridgehead atoms. The summed E-state index contributed by atoms with van der Waals surface area (Å²) in [4.78, 5) is 12.3. The Kier molecular flexibility index (Phi) is 4.02. The lowest BCUT2D eigenvalue weighted by molar-refractivity contribution is 0.0950. The number of carbonyl (C=O) groups is 1. The van der Waals surface area contributed by atoms with Gasteiger partial charge in [0, 0.05) is 18.7 Å². The maximum atomic E-state index is 12.3. The zero-order valence-corrected chi connectivity index (χ0v) is 12.3.